The molecule has 0 bridgehead atoms. The van der Waals surface area contributed by atoms with Crippen LogP contribution in [0.2, 0.25) is 0 Å². The molecule has 1 saturated heterocycles. The van der Waals surface area contributed by atoms with Crippen LogP contribution in [0, 0.1) is 23.7 Å². The highest BCUT2D eigenvalue weighted by atomic mass is 16.5. The van der Waals surface area contributed by atoms with Crippen molar-refractivity contribution in [2.75, 3.05) is 0 Å². The summed E-state index contributed by atoms with van der Waals surface area (Å²) in [6, 6.07) is 0.229. The third-order valence-electron chi connectivity index (χ3n) is 3.50. The molecule has 3 nitrogen and oxygen atoms in total. The van der Waals surface area contributed by atoms with E-state index in [0.717, 1.165) is 6.42 Å². The van der Waals surface area contributed by atoms with Gasteiger partial charge in [0.15, 0.2) is 0 Å². The number of nitrogens with two attached hydrogens (primary N) is 1. The van der Waals surface area contributed by atoms with E-state index < -0.39 is 0 Å². The van der Waals surface area contributed by atoms with Crippen LogP contribution in [0.3, 0.4) is 0 Å². The Hall–Kier alpha value is -0.560. The number of hydrogen-bond acceptors (Lipinski definition) is 3. The molecule has 0 aliphatic carbocycles. The number of hydrazine groups is 1. The fourth-order valence-electron chi connectivity index (χ4n) is 2.51. The summed E-state index contributed by atoms with van der Waals surface area (Å²) in [6.07, 6.45) is 1.37. The first-order chi connectivity index (χ1) is 7.11. The van der Waals surface area contributed by atoms with Crippen LogP contribution in [0.15, 0.2) is 0 Å². The molecule has 0 spiro atoms. The third-order valence-corrected chi connectivity index (χ3v) is 3.50. The van der Waals surface area contributed by atoms with Gasteiger partial charge in [0.2, 0.25) is 0 Å². The minimum absolute atomic E-state index is 0.229. The van der Waals surface area contributed by atoms with Crippen molar-refractivity contribution in [2.45, 2.75) is 52.4 Å². The van der Waals surface area contributed by atoms with Crippen molar-refractivity contribution in [2.24, 2.45) is 17.7 Å². The highest BCUT2D eigenvalue weighted by Crippen LogP contribution is 2.35. The minimum atomic E-state index is 0.229. The van der Waals surface area contributed by atoms with Crippen LogP contribution in [-0.2, 0) is 4.74 Å². The molecule has 0 aromatic rings. The van der Waals surface area contributed by atoms with E-state index in [1.165, 1.54) is 0 Å². The largest absolute Gasteiger partial charge is 0.375 e. The molecule has 1 rings (SSSR count). The van der Waals surface area contributed by atoms with Gasteiger partial charge in [-0.1, -0.05) is 6.92 Å². The van der Waals surface area contributed by atoms with Gasteiger partial charge in [-0.2, -0.15) is 0 Å². The zero-order valence-corrected chi connectivity index (χ0v) is 10.1. The predicted molar refractivity (Wildman–Crippen MR) is 61.8 cm³/mol. The highest BCUT2D eigenvalue weighted by molar-refractivity contribution is 5.02. The summed E-state index contributed by atoms with van der Waals surface area (Å²) >= 11 is 0. The number of rotatable bonds is 3. The van der Waals surface area contributed by atoms with Crippen LogP contribution < -0.4 is 11.3 Å². The molecule has 1 aliphatic heterocycles. The fourth-order valence-corrected chi connectivity index (χ4v) is 2.51. The predicted octanol–water partition coefficient (Wildman–Crippen LogP) is 1.29. The van der Waals surface area contributed by atoms with Crippen molar-refractivity contribution in [1.82, 2.24) is 5.43 Å². The average molecular weight is 210 g/mol. The molecule has 3 heteroatoms. The Balaban J connectivity index is 2.68. The summed E-state index contributed by atoms with van der Waals surface area (Å²) in [5.41, 5.74) is 2.88. The number of ether oxygens (including phenoxy) is 1. The van der Waals surface area contributed by atoms with E-state index in [0.29, 0.717) is 17.9 Å². The van der Waals surface area contributed by atoms with Gasteiger partial charge < -0.3 is 4.74 Å². The molecule has 5 atom stereocenters. The molecular formula is C12H22N2O. The van der Waals surface area contributed by atoms with Gasteiger partial charge in [0.25, 0.3) is 0 Å². The maximum Gasteiger partial charge on any atom is 0.0598 e. The zero-order valence-electron chi connectivity index (χ0n) is 10.1. The van der Waals surface area contributed by atoms with Crippen LogP contribution in [0.1, 0.15) is 34.1 Å². The van der Waals surface area contributed by atoms with Gasteiger partial charge in [0.05, 0.1) is 12.2 Å². The standard InChI is InChI=1S/C12H22N2O/c1-5-6-7-11(14-13)12-8(2)9(3)15-10(12)4/h8-12,14H,7,13H2,1-4H3. The molecule has 5 unspecified atom stereocenters. The maximum absolute atomic E-state index is 5.81. The summed E-state index contributed by atoms with van der Waals surface area (Å²) < 4.78 is 5.81. The van der Waals surface area contributed by atoms with E-state index in [1.54, 1.807) is 0 Å². The monoisotopic (exact) mass is 210 g/mol. The second kappa shape index (κ2) is 5.50. The molecular weight excluding hydrogens is 188 g/mol. The van der Waals surface area contributed by atoms with Gasteiger partial charge in [0.1, 0.15) is 0 Å². The highest BCUT2D eigenvalue weighted by Gasteiger charge is 2.40. The van der Waals surface area contributed by atoms with Crippen molar-refractivity contribution >= 4 is 0 Å². The minimum Gasteiger partial charge on any atom is -0.375 e. The summed E-state index contributed by atoms with van der Waals surface area (Å²) in [5.74, 6) is 12.6. The average Bonchev–Trinajstić information content (AvgIpc) is 2.45. The quantitative estimate of drug-likeness (QED) is 0.419. The molecule has 0 amide bonds. The molecule has 0 radical (unpaired) electrons. The molecule has 86 valence electrons. The van der Waals surface area contributed by atoms with Crippen LogP contribution >= 0.6 is 0 Å². The Morgan fingerprint density at radius 1 is 1.33 bits per heavy atom. The second-order valence-electron chi connectivity index (χ2n) is 4.39. The van der Waals surface area contributed by atoms with Gasteiger partial charge in [-0.3, -0.25) is 11.3 Å². The van der Waals surface area contributed by atoms with Gasteiger partial charge in [-0.25, -0.2) is 0 Å². The van der Waals surface area contributed by atoms with Crippen molar-refractivity contribution in [3.05, 3.63) is 0 Å². The molecule has 1 aliphatic rings. The molecule has 1 heterocycles. The van der Waals surface area contributed by atoms with Crippen molar-refractivity contribution in [1.29, 1.82) is 0 Å². The third kappa shape index (κ3) is 2.72. The Labute approximate surface area is 92.7 Å². The second-order valence-corrected chi connectivity index (χ2v) is 4.39. The fraction of sp³-hybridized carbons (Fsp3) is 0.833. The van der Waals surface area contributed by atoms with Crippen LogP contribution in [0.4, 0.5) is 0 Å². The first kappa shape index (κ1) is 12.5. The molecule has 15 heavy (non-hydrogen) atoms. The Kier molecular flexibility index (Phi) is 4.59. The van der Waals surface area contributed by atoms with Crippen molar-refractivity contribution < 1.29 is 4.74 Å². The Morgan fingerprint density at radius 2 is 2.00 bits per heavy atom. The molecule has 3 N–H and O–H groups in total. The maximum atomic E-state index is 5.81. The smallest absolute Gasteiger partial charge is 0.0598 e. The van der Waals surface area contributed by atoms with Gasteiger partial charge >= 0.3 is 0 Å². The van der Waals surface area contributed by atoms with Crippen LogP contribution in [-0.4, -0.2) is 18.2 Å². The summed E-state index contributed by atoms with van der Waals surface area (Å²) in [6.45, 7) is 8.32. The molecule has 0 saturated carbocycles. The first-order valence-corrected chi connectivity index (χ1v) is 5.63. The van der Waals surface area contributed by atoms with E-state index in [-0.39, 0.29) is 12.1 Å². The van der Waals surface area contributed by atoms with E-state index in [2.05, 4.69) is 38.0 Å². The lowest BCUT2D eigenvalue weighted by Crippen LogP contribution is -2.45. The molecule has 0 aromatic heterocycles. The van der Waals surface area contributed by atoms with Gasteiger partial charge in [0, 0.05) is 18.4 Å². The molecule has 1 fully saturated rings. The summed E-state index contributed by atoms with van der Waals surface area (Å²) in [4.78, 5) is 0. The van der Waals surface area contributed by atoms with Crippen molar-refractivity contribution in [3.63, 3.8) is 0 Å². The first-order valence-electron chi connectivity index (χ1n) is 5.63. The Bertz CT molecular complexity index is 256. The van der Waals surface area contributed by atoms with Crippen LogP contribution in [0.25, 0.3) is 0 Å². The van der Waals surface area contributed by atoms with E-state index in [9.17, 15) is 0 Å². The topological polar surface area (TPSA) is 47.3 Å². The lowest BCUT2D eigenvalue weighted by Gasteiger charge is -2.26. The number of hydrogen-bond donors (Lipinski definition) is 2. The Morgan fingerprint density at radius 3 is 2.40 bits per heavy atom. The molecule has 0 aromatic carbocycles. The summed E-state index contributed by atoms with van der Waals surface area (Å²) in [7, 11) is 0. The lowest BCUT2D eigenvalue weighted by atomic mass is 9.82. The van der Waals surface area contributed by atoms with E-state index >= 15 is 0 Å². The van der Waals surface area contributed by atoms with Gasteiger partial charge in [-0.15, -0.1) is 11.8 Å². The lowest BCUT2D eigenvalue weighted by molar-refractivity contribution is 0.0477. The van der Waals surface area contributed by atoms with Gasteiger partial charge in [-0.05, 0) is 26.7 Å². The number of nitrogens with one attached hydrogen (secondary N) is 1. The van der Waals surface area contributed by atoms with Crippen LogP contribution in [0.5, 0.6) is 0 Å². The van der Waals surface area contributed by atoms with E-state index in [1.807, 2.05) is 6.92 Å². The van der Waals surface area contributed by atoms with E-state index in [4.69, 9.17) is 10.6 Å². The zero-order chi connectivity index (χ0) is 11.4. The normalized spacial score (nSPS) is 37.1. The summed E-state index contributed by atoms with van der Waals surface area (Å²) in [5, 5.41) is 0. The SMILES string of the molecule is CC#CCC(NN)C1C(C)OC(C)C1C. The van der Waals surface area contributed by atoms with Crippen molar-refractivity contribution in [3.8, 4) is 11.8 Å².